The number of nitrogens with zero attached hydrogens (tertiary/aromatic N) is 4. The summed E-state index contributed by atoms with van der Waals surface area (Å²) in [6.45, 7) is 2.60. The second-order valence-corrected chi connectivity index (χ2v) is 6.62. The minimum atomic E-state index is -3.18. The lowest BCUT2D eigenvalue weighted by Crippen LogP contribution is -2.51. The molecule has 0 unspecified atom stereocenters. The summed E-state index contributed by atoms with van der Waals surface area (Å²) >= 11 is 0. The maximum Gasteiger partial charge on any atom is 0.358 e. The Hall–Kier alpha value is -1.48. The molecule has 9 heteroatoms. The molecule has 1 aliphatic heterocycles. The molecule has 1 N–H and O–H groups in total. The molecule has 1 aromatic rings. The molecule has 2 rings (SSSR count). The predicted molar refractivity (Wildman–Crippen MR) is 66.3 cm³/mol. The van der Waals surface area contributed by atoms with E-state index < -0.39 is 16.0 Å². The van der Waals surface area contributed by atoms with Crippen LogP contribution < -0.4 is 0 Å². The SMILES string of the molecule is CCCCS(=O)(=O)N1CC(n2cc(C(=O)O)nn2)C1. The number of aromatic nitrogens is 3. The van der Waals surface area contributed by atoms with E-state index in [1.165, 1.54) is 15.2 Å². The standard InChI is InChI=1S/C10H16N4O4S/c1-2-3-4-19(17,18)13-5-8(6-13)14-7-9(10(15)16)11-12-14/h7-8H,2-6H2,1H3,(H,15,16). The highest BCUT2D eigenvalue weighted by Crippen LogP contribution is 2.24. The number of carbonyl (C=O) groups is 1. The lowest BCUT2D eigenvalue weighted by Gasteiger charge is -2.37. The number of aromatic carboxylic acids is 1. The lowest BCUT2D eigenvalue weighted by molar-refractivity contribution is 0.0690. The van der Waals surface area contributed by atoms with E-state index in [1.54, 1.807) is 0 Å². The summed E-state index contributed by atoms with van der Waals surface area (Å²) in [6.07, 6.45) is 2.81. The molecule has 0 aliphatic carbocycles. The first-order chi connectivity index (χ1) is 8.94. The van der Waals surface area contributed by atoms with Gasteiger partial charge in [0.15, 0.2) is 5.69 Å². The highest BCUT2D eigenvalue weighted by atomic mass is 32.2. The van der Waals surface area contributed by atoms with Crippen molar-refractivity contribution in [1.82, 2.24) is 19.3 Å². The largest absolute Gasteiger partial charge is 0.476 e. The number of carboxylic acids is 1. The van der Waals surface area contributed by atoms with E-state index in [2.05, 4.69) is 10.3 Å². The maximum absolute atomic E-state index is 11.8. The Morgan fingerprint density at radius 2 is 2.21 bits per heavy atom. The van der Waals surface area contributed by atoms with Crippen molar-refractivity contribution in [3.63, 3.8) is 0 Å². The summed E-state index contributed by atoms with van der Waals surface area (Å²) in [5.74, 6) is -0.980. The molecule has 19 heavy (non-hydrogen) atoms. The molecular weight excluding hydrogens is 272 g/mol. The van der Waals surface area contributed by atoms with Crippen LogP contribution in [0.2, 0.25) is 0 Å². The summed E-state index contributed by atoms with van der Waals surface area (Å²) in [5.41, 5.74) is -0.132. The molecular formula is C10H16N4O4S. The van der Waals surface area contributed by atoms with Crippen molar-refractivity contribution < 1.29 is 18.3 Å². The number of hydrogen-bond acceptors (Lipinski definition) is 5. The number of rotatable bonds is 6. The molecule has 106 valence electrons. The molecule has 0 aromatic carbocycles. The molecule has 2 heterocycles. The minimum absolute atomic E-state index is 0.128. The Kier molecular flexibility index (Phi) is 3.85. The predicted octanol–water partition coefficient (Wildman–Crippen LogP) is -0.0371. The monoisotopic (exact) mass is 288 g/mol. The zero-order chi connectivity index (χ0) is 14.0. The van der Waals surface area contributed by atoms with Gasteiger partial charge in [-0.2, -0.15) is 4.31 Å². The molecule has 1 saturated heterocycles. The van der Waals surface area contributed by atoms with Crippen LogP contribution in [0.15, 0.2) is 6.20 Å². The Morgan fingerprint density at radius 3 is 2.74 bits per heavy atom. The van der Waals surface area contributed by atoms with Crippen LogP contribution >= 0.6 is 0 Å². The first-order valence-corrected chi connectivity index (χ1v) is 7.68. The average molecular weight is 288 g/mol. The van der Waals surface area contributed by atoms with Gasteiger partial charge in [0.1, 0.15) is 0 Å². The summed E-state index contributed by atoms with van der Waals surface area (Å²) < 4.78 is 26.5. The van der Waals surface area contributed by atoms with Crippen LogP contribution in [0.5, 0.6) is 0 Å². The van der Waals surface area contributed by atoms with Gasteiger partial charge in [0.05, 0.1) is 18.0 Å². The molecule has 0 spiro atoms. The third kappa shape index (κ3) is 2.92. The molecule has 0 radical (unpaired) electrons. The van der Waals surface area contributed by atoms with E-state index in [4.69, 9.17) is 5.11 Å². The van der Waals surface area contributed by atoms with E-state index in [9.17, 15) is 13.2 Å². The third-order valence-corrected chi connectivity index (χ3v) is 4.97. The number of hydrogen-bond donors (Lipinski definition) is 1. The summed E-state index contributed by atoms with van der Waals surface area (Å²) in [6, 6.07) is -0.128. The zero-order valence-corrected chi connectivity index (χ0v) is 11.4. The fourth-order valence-corrected chi connectivity index (χ4v) is 3.53. The molecule has 1 aromatic heterocycles. The van der Waals surface area contributed by atoms with Crippen LogP contribution in [0.1, 0.15) is 36.3 Å². The molecule has 0 saturated carbocycles. The summed E-state index contributed by atoms with van der Waals surface area (Å²) in [4.78, 5) is 10.7. The highest BCUT2D eigenvalue weighted by molar-refractivity contribution is 7.89. The van der Waals surface area contributed by atoms with Gasteiger partial charge in [-0.1, -0.05) is 18.6 Å². The van der Waals surface area contributed by atoms with Crippen LogP contribution in [0.3, 0.4) is 0 Å². The van der Waals surface area contributed by atoms with Crippen molar-refractivity contribution in [2.24, 2.45) is 0 Å². The average Bonchev–Trinajstić information content (AvgIpc) is 2.73. The van der Waals surface area contributed by atoms with Crippen LogP contribution in [0.4, 0.5) is 0 Å². The van der Waals surface area contributed by atoms with Gasteiger partial charge in [0.25, 0.3) is 0 Å². The smallest absolute Gasteiger partial charge is 0.358 e. The first-order valence-electron chi connectivity index (χ1n) is 6.07. The maximum atomic E-state index is 11.8. The fraction of sp³-hybridized carbons (Fsp3) is 0.700. The number of carboxylic acid groups (broad SMARTS) is 1. The third-order valence-electron chi connectivity index (χ3n) is 3.08. The van der Waals surface area contributed by atoms with Crippen LogP contribution in [-0.4, -0.2) is 57.6 Å². The second kappa shape index (κ2) is 5.25. The van der Waals surface area contributed by atoms with Crippen molar-refractivity contribution in [3.8, 4) is 0 Å². The Morgan fingerprint density at radius 1 is 1.53 bits per heavy atom. The van der Waals surface area contributed by atoms with E-state index in [-0.39, 0.29) is 17.5 Å². The van der Waals surface area contributed by atoms with Crippen molar-refractivity contribution in [2.45, 2.75) is 25.8 Å². The van der Waals surface area contributed by atoms with E-state index in [0.29, 0.717) is 19.5 Å². The van der Waals surface area contributed by atoms with Crippen LogP contribution in [0.25, 0.3) is 0 Å². The van der Waals surface area contributed by atoms with Crippen molar-refractivity contribution in [2.75, 3.05) is 18.8 Å². The second-order valence-electron chi connectivity index (χ2n) is 4.53. The summed E-state index contributed by atoms with van der Waals surface area (Å²) in [7, 11) is -3.18. The molecule has 8 nitrogen and oxygen atoms in total. The highest BCUT2D eigenvalue weighted by Gasteiger charge is 2.37. The number of unbranched alkanes of at least 4 members (excludes halogenated alkanes) is 1. The Labute approximate surface area is 111 Å². The number of sulfonamides is 1. The van der Waals surface area contributed by atoms with E-state index in [0.717, 1.165) is 6.42 Å². The minimum Gasteiger partial charge on any atom is -0.476 e. The van der Waals surface area contributed by atoms with E-state index >= 15 is 0 Å². The first kappa shape index (κ1) is 13.9. The Bertz CT molecular complexity index is 562. The molecule has 0 amide bonds. The lowest BCUT2D eigenvalue weighted by atomic mass is 10.2. The molecule has 0 bridgehead atoms. The van der Waals surface area contributed by atoms with Gasteiger partial charge in [-0.3, -0.25) is 0 Å². The fourth-order valence-electron chi connectivity index (χ4n) is 1.82. The van der Waals surface area contributed by atoms with Gasteiger partial charge in [0.2, 0.25) is 10.0 Å². The molecule has 1 aliphatic rings. The normalized spacial score (nSPS) is 17.3. The Balaban J connectivity index is 1.93. The van der Waals surface area contributed by atoms with Gasteiger partial charge < -0.3 is 5.11 Å². The van der Waals surface area contributed by atoms with Crippen molar-refractivity contribution in [3.05, 3.63) is 11.9 Å². The van der Waals surface area contributed by atoms with Gasteiger partial charge in [-0.15, -0.1) is 5.10 Å². The molecule has 0 atom stereocenters. The van der Waals surface area contributed by atoms with Gasteiger partial charge >= 0.3 is 5.97 Å². The zero-order valence-electron chi connectivity index (χ0n) is 10.6. The quantitative estimate of drug-likeness (QED) is 0.787. The van der Waals surface area contributed by atoms with Crippen molar-refractivity contribution >= 4 is 16.0 Å². The summed E-state index contributed by atoms with van der Waals surface area (Å²) in [5, 5.41) is 15.9. The molecule has 1 fully saturated rings. The van der Waals surface area contributed by atoms with Gasteiger partial charge in [0, 0.05) is 13.1 Å². The van der Waals surface area contributed by atoms with Crippen LogP contribution in [-0.2, 0) is 10.0 Å². The van der Waals surface area contributed by atoms with Crippen molar-refractivity contribution in [1.29, 1.82) is 0 Å². The van der Waals surface area contributed by atoms with Crippen LogP contribution in [0, 0.1) is 0 Å². The van der Waals surface area contributed by atoms with Gasteiger partial charge in [-0.25, -0.2) is 17.9 Å². The van der Waals surface area contributed by atoms with E-state index in [1.807, 2.05) is 6.92 Å². The topological polar surface area (TPSA) is 105 Å². The van der Waals surface area contributed by atoms with Gasteiger partial charge in [-0.05, 0) is 6.42 Å².